The summed E-state index contributed by atoms with van der Waals surface area (Å²) in [6.07, 6.45) is 6.70. The second-order valence-corrected chi connectivity index (χ2v) is 3.75. The van der Waals surface area contributed by atoms with Gasteiger partial charge in [0.25, 0.3) is 0 Å². The molecule has 0 aromatic carbocycles. The number of carbonyl (C=O) groups is 1. The Bertz CT molecular complexity index is 298. The van der Waals surface area contributed by atoms with Crippen molar-refractivity contribution in [2.45, 2.75) is 38.6 Å². The van der Waals surface area contributed by atoms with Crippen molar-refractivity contribution in [3.8, 4) is 0 Å². The van der Waals surface area contributed by atoms with Crippen LogP contribution in [0.5, 0.6) is 0 Å². The molecule has 0 saturated carbocycles. The highest BCUT2D eigenvalue weighted by Crippen LogP contribution is 2.04. The standard InChI is InChI=1S/C12H18N2O/c1-2-3-4-11(13)12(15)9-10-5-7-14-8-6-10/h5-8,11H,2-4,9,13H2,1H3. The van der Waals surface area contributed by atoms with Crippen LogP contribution in [0.3, 0.4) is 0 Å². The first kappa shape index (κ1) is 11.9. The smallest absolute Gasteiger partial charge is 0.153 e. The third kappa shape index (κ3) is 4.21. The van der Waals surface area contributed by atoms with E-state index < -0.39 is 0 Å². The fourth-order valence-corrected chi connectivity index (χ4v) is 1.42. The maximum Gasteiger partial charge on any atom is 0.153 e. The van der Waals surface area contributed by atoms with Crippen LogP contribution in [0.4, 0.5) is 0 Å². The number of nitrogens with two attached hydrogens (primary N) is 1. The van der Waals surface area contributed by atoms with Crippen LogP contribution in [0, 0.1) is 0 Å². The molecule has 1 aromatic rings. The van der Waals surface area contributed by atoms with Crippen molar-refractivity contribution in [3.05, 3.63) is 30.1 Å². The van der Waals surface area contributed by atoms with Crippen molar-refractivity contribution >= 4 is 5.78 Å². The van der Waals surface area contributed by atoms with Crippen LogP contribution in [0.2, 0.25) is 0 Å². The molecular formula is C12H18N2O. The van der Waals surface area contributed by atoms with Crippen LogP contribution in [0.1, 0.15) is 31.7 Å². The number of carbonyl (C=O) groups excluding carboxylic acids is 1. The van der Waals surface area contributed by atoms with E-state index in [-0.39, 0.29) is 11.8 Å². The summed E-state index contributed by atoms with van der Waals surface area (Å²) in [5.74, 6) is 0.120. The number of aromatic nitrogens is 1. The Balaban J connectivity index is 2.42. The molecule has 3 heteroatoms. The van der Waals surface area contributed by atoms with E-state index in [4.69, 9.17) is 5.73 Å². The zero-order chi connectivity index (χ0) is 11.1. The Labute approximate surface area is 90.7 Å². The minimum absolute atomic E-state index is 0.120. The fraction of sp³-hybridized carbons (Fsp3) is 0.500. The van der Waals surface area contributed by atoms with Crippen LogP contribution in [-0.2, 0) is 11.2 Å². The molecule has 0 aliphatic carbocycles. The molecule has 0 spiro atoms. The normalized spacial score (nSPS) is 12.4. The molecule has 0 saturated heterocycles. The number of pyridine rings is 1. The lowest BCUT2D eigenvalue weighted by atomic mass is 10.0. The first-order valence-corrected chi connectivity index (χ1v) is 5.41. The van der Waals surface area contributed by atoms with E-state index in [1.54, 1.807) is 12.4 Å². The maximum absolute atomic E-state index is 11.7. The van der Waals surface area contributed by atoms with Crippen molar-refractivity contribution in [2.75, 3.05) is 0 Å². The van der Waals surface area contributed by atoms with Crippen molar-refractivity contribution in [2.24, 2.45) is 5.73 Å². The van der Waals surface area contributed by atoms with E-state index in [1.807, 2.05) is 12.1 Å². The summed E-state index contributed by atoms with van der Waals surface area (Å²) < 4.78 is 0. The van der Waals surface area contributed by atoms with E-state index in [0.717, 1.165) is 24.8 Å². The average molecular weight is 206 g/mol. The van der Waals surface area contributed by atoms with Gasteiger partial charge in [-0.3, -0.25) is 9.78 Å². The first-order chi connectivity index (χ1) is 7.24. The molecule has 1 atom stereocenters. The van der Waals surface area contributed by atoms with Gasteiger partial charge in [-0.25, -0.2) is 0 Å². The highest BCUT2D eigenvalue weighted by Gasteiger charge is 2.12. The van der Waals surface area contributed by atoms with E-state index >= 15 is 0 Å². The minimum Gasteiger partial charge on any atom is -0.321 e. The van der Waals surface area contributed by atoms with E-state index in [0.29, 0.717) is 6.42 Å². The molecule has 1 unspecified atom stereocenters. The Morgan fingerprint density at radius 2 is 2.13 bits per heavy atom. The first-order valence-electron chi connectivity index (χ1n) is 5.41. The molecule has 2 N–H and O–H groups in total. The molecule has 0 bridgehead atoms. The molecule has 82 valence electrons. The number of hydrogen-bond donors (Lipinski definition) is 1. The minimum atomic E-state index is -0.307. The van der Waals surface area contributed by atoms with Gasteiger partial charge in [0.2, 0.25) is 0 Å². The maximum atomic E-state index is 11.7. The van der Waals surface area contributed by atoms with Crippen molar-refractivity contribution in [1.82, 2.24) is 4.98 Å². The lowest BCUT2D eigenvalue weighted by molar-refractivity contribution is -0.119. The molecular weight excluding hydrogens is 188 g/mol. The van der Waals surface area contributed by atoms with E-state index in [9.17, 15) is 4.79 Å². The third-order valence-electron chi connectivity index (χ3n) is 2.41. The average Bonchev–Trinajstić information content (AvgIpc) is 2.27. The zero-order valence-corrected chi connectivity index (χ0v) is 9.15. The van der Waals surface area contributed by atoms with Crippen molar-refractivity contribution in [3.63, 3.8) is 0 Å². The Kier molecular flexibility index (Phi) is 4.98. The summed E-state index contributed by atoms with van der Waals surface area (Å²) in [5.41, 5.74) is 6.77. The summed E-state index contributed by atoms with van der Waals surface area (Å²) in [4.78, 5) is 15.6. The highest BCUT2D eigenvalue weighted by atomic mass is 16.1. The predicted octanol–water partition coefficient (Wildman–Crippen LogP) is 1.71. The summed E-state index contributed by atoms with van der Waals surface area (Å²) in [6.45, 7) is 2.10. The van der Waals surface area contributed by atoms with Crippen LogP contribution >= 0.6 is 0 Å². The lowest BCUT2D eigenvalue weighted by Crippen LogP contribution is -2.31. The molecule has 3 nitrogen and oxygen atoms in total. The molecule has 0 aliphatic rings. The van der Waals surface area contributed by atoms with Crippen LogP contribution in [0.25, 0.3) is 0 Å². The van der Waals surface area contributed by atoms with Gasteiger partial charge in [-0.2, -0.15) is 0 Å². The van der Waals surface area contributed by atoms with Crippen LogP contribution < -0.4 is 5.73 Å². The zero-order valence-electron chi connectivity index (χ0n) is 9.15. The molecule has 0 fully saturated rings. The quantitative estimate of drug-likeness (QED) is 0.771. The number of Topliss-reactive ketones (excluding diaryl/α,β-unsaturated/α-hetero) is 1. The molecule has 0 amide bonds. The van der Waals surface area contributed by atoms with E-state index in [1.165, 1.54) is 0 Å². The molecule has 0 aliphatic heterocycles. The monoisotopic (exact) mass is 206 g/mol. The lowest BCUT2D eigenvalue weighted by Gasteiger charge is -2.09. The van der Waals surface area contributed by atoms with Gasteiger partial charge in [-0.15, -0.1) is 0 Å². The van der Waals surface area contributed by atoms with Crippen molar-refractivity contribution in [1.29, 1.82) is 0 Å². The van der Waals surface area contributed by atoms with Gasteiger partial charge in [0.15, 0.2) is 5.78 Å². The Morgan fingerprint density at radius 3 is 2.73 bits per heavy atom. The molecule has 1 rings (SSSR count). The summed E-state index contributed by atoms with van der Waals surface area (Å²) >= 11 is 0. The summed E-state index contributed by atoms with van der Waals surface area (Å²) in [5, 5.41) is 0. The topological polar surface area (TPSA) is 56.0 Å². The van der Waals surface area contributed by atoms with E-state index in [2.05, 4.69) is 11.9 Å². The van der Waals surface area contributed by atoms with Gasteiger partial charge in [0.1, 0.15) is 0 Å². The molecule has 1 aromatic heterocycles. The highest BCUT2D eigenvalue weighted by molar-refractivity contribution is 5.85. The Morgan fingerprint density at radius 1 is 1.47 bits per heavy atom. The molecule has 0 radical (unpaired) electrons. The number of rotatable bonds is 6. The molecule has 15 heavy (non-hydrogen) atoms. The number of hydrogen-bond acceptors (Lipinski definition) is 3. The second kappa shape index (κ2) is 6.30. The fourth-order valence-electron chi connectivity index (χ4n) is 1.42. The third-order valence-corrected chi connectivity index (χ3v) is 2.41. The predicted molar refractivity (Wildman–Crippen MR) is 60.4 cm³/mol. The summed E-state index contributed by atoms with van der Waals surface area (Å²) in [6, 6.07) is 3.40. The van der Waals surface area contributed by atoms with Gasteiger partial charge < -0.3 is 5.73 Å². The second-order valence-electron chi connectivity index (χ2n) is 3.75. The number of nitrogens with zero attached hydrogens (tertiary/aromatic N) is 1. The molecule has 1 heterocycles. The van der Waals surface area contributed by atoms with Gasteiger partial charge >= 0.3 is 0 Å². The SMILES string of the molecule is CCCCC(N)C(=O)Cc1ccncc1. The van der Waals surface area contributed by atoms with Gasteiger partial charge in [-0.1, -0.05) is 19.8 Å². The van der Waals surface area contributed by atoms with Gasteiger partial charge in [0.05, 0.1) is 6.04 Å². The van der Waals surface area contributed by atoms with Gasteiger partial charge in [-0.05, 0) is 24.1 Å². The van der Waals surface area contributed by atoms with Crippen molar-refractivity contribution < 1.29 is 4.79 Å². The number of ketones is 1. The number of unbranched alkanes of at least 4 members (excludes halogenated alkanes) is 1. The van der Waals surface area contributed by atoms with Gasteiger partial charge in [0, 0.05) is 18.8 Å². The summed E-state index contributed by atoms with van der Waals surface area (Å²) in [7, 11) is 0. The van der Waals surface area contributed by atoms with Crippen LogP contribution in [-0.4, -0.2) is 16.8 Å². The largest absolute Gasteiger partial charge is 0.321 e. The van der Waals surface area contributed by atoms with Crippen LogP contribution in [0.15, 0.2) is 24.5 Å². The Hall–Kier alpha value is -1.22.